The molecular formula is C17H20N2O. The Morgan fingerprint density at radius 2 is 2.10 bits per heavy atom. The van der Waals surface area contributed by atoms with Crippen molar-refractivity contribution in [2.24, 2.45) is 0 Å². The second-order valence-corrected chi connectivity index (χ2v) is 5.53. The van der Waals surface area contributed by atoms with Crippen molar-refractivity contribution in [3.63, 3.8) is 0 Å². The number of hydrogen-bond donors (Lipinski definition) is 1. The van der Waals surface area contributed by atoms with Crippen LogP contribution in [0, 0.1) is 6.92 Å². The van der Waals surface area contributed by atoms with E-state index in [1.54, 1.807) is 6.20 Å². The van der Waals surface area contributed by atoms with Gasteiger partial charge in [-0.05, 0) is 43.0 Å². The minimum atomic E-state index is 0.119. The number of nitrogens with zero attached hydrogens (tertiary/aromatic N) is 1. The molecule has 0 radical (unpaired) electrons. The van der Waals surface area contributed by atoms with Crippen LogP contribution in [0.5, 0.6) is 0 Å². The second-order valence-electron chi connectivity index (χ2n) is 5.53. The maximum Gasteiger partial charge on any atom is 0.270 e. The van der Waals surface area contributed by atoms with Crippen LogP contribution in [-0.4, -0.2) is 28.9 Å². The number of carbonyl (C=O) groups is 1. The zero-order chi connectivity index (χ0) is 13.9. The molecule has 1 aromatic heterocycles. The highest BCUT2D eigenvalue weighted by Crippen LogP contribution is 2.29. The van der Waals surface area contributed by atoms with Crippen molar-refractivity contribution >= 4 is 5.91 Å². The van der Waals surface area contributed by atoms with Gasteiger partial charge in [0, 0.05) is 25.2 Å². The fourth-order valence-electron chi connectivity index (χ4n) is 3.09. The van der Waals surface area contributed by atoms with Gasteiger partial charge in [0.05, 0.1) is 0 Å². The first-order chi connectivity index (χ1) is 9.75. The summed E-state index contributed by atoms with van der Waals surface area (Å²) in [5.41, 5.74) is 3.40. The lowest BCUT2D eigenvalue weighted by molar-refractivity contribution is 0.0701. The highest BCUT2D eigenvalue weighted by molar-refractivity contribution is 5.92. The molecule has 1 aliphatic rings. The predicted molar refractivity (Wildman–Crippen MR) is 79.9 cm³/mol. The van der Waals surface area contributed by atoms with Crippen molar-refractivity contribution in [2.75, 3.05) is 13.1 Å². The zero-order valence-corrected chi connectivity index (χ0v) is 11.8. The zero-order valence-electron chi connectivity index (χ0n) is 11.8. The van der Waals surface area contributed by atoms with Crippen LogP contribution in [0.25, 0.3) is 0 Å². The van der Waals surface area contributed by atoms with Crippen molar-refractivity contribution in [1.29, 1.82) is 0 Å². The number of H-pyrrole nitrogens is 1. The number of aromatic amines is 1. The molecule has 2 heterocycles. The van der Waals surface area contributed by atoms with E-state index in [-0.39, 0.29) is 5.91 Å². The molecule has 0 bridgehead atoms. The van der Waals surface area contributed by atoms with Gasteiger partial charge >= 0.3 is 0 Å². The molecule has 1 fully saturated rings. The molecule has 0 saturated carbocycles. The number of nitrogens with one attached hydrogen (secondary N) is 1. The summed E-state index contributed by atoms with van der Waals surface area (Å²) in [6.07, 6.45) is 4.04. The van der Waals surface area contributed by atoms with E-state index in [0.29, 0.717) is 11.6 Å². The van der Waals surface area contributed by atoms with E-state index in [4.69, 9.17) is 0 Å². The Morgan fingerprint density at radius 3 is 2.85 bits per heavy atom. The first-order valence-corrected chi connectivity index (χ1v) is 7.24. The van der Waals surface area contributed by atoms with E-state index in [1.165, 1.54) is 17.5 Å². The monoisotopic (exact) mass is 268 g/mol. The maximum absolute atomic E-state index is 12.4. The number of amides is 1. The Labute approximate surface area is 119 Å². The molecule has 1 aliphatic heterocycles. The van der Waals surface area contributed by atoms with E-state index in [9.17, 15) is 4.79 Å². The van der Waals surface area contributed by atoms with Crippen molar-refractivity contribution in [2.45, 2.75) is 25.7 Å². The number of benzene rings is 1. The topological polar surface area (TPSA) is 36.1 Å². The Morgan fingerprint density at radius 1 is 1.25 bits per heavy atom. The van der Waals surface area contributed by atoms with Crippen LogP contribution in [0.15, 0.2) is 42.6 Å². The molecule has 20 heavy (non-hydrogen) atoms. The Bertz CT molecular complexity index is 589. The van der Waals surface area contributed by atoms with Crippen molar-refractivity contribution in [3.8, 4) is 0 Å². The number of carbonyl (C=O) groups excluding carboxylic acids is 1. The van der Waals surface area contributed by atoms with E-state index >= 15 is 0 Å². The Hall–Kier alpha value is -2.03. The van der Waals surface area contributed by atoms with Gasteiger partial charge in [0.1, 0.15) is 5.69 Å². The van der Waals surface area contributed by atoms with Crippen molar-refractivity contribution < 1.29 is 4.79 Å². The van der Waals surface area contributed by atoms with Crippen molar-refractivity contribution in [1.82, 2.24) is 9.88 Å². The molecule has 1 unspecified atom stereocenters. The van der Waals surface area contributed by atoms with Gasteiger partial charge < -0.3 is 9.88 Å². The van der Waals surface area contributed by atoms with Gasteiger partial charge in [0.15, 0.2) is 0 Å². The molecular weight excluding hydrogens is 248 g/mol. The summed E-state index contributed by atoms with van der Waals surface area (Å²) in [7, 11) is 0. The third-order valence-corrected chi connectivity index (χ3v) is 4.17. The summed E-state index contributed by atoms with van der Waals surface area (Å²) in [6, 6.07) is 12.2. The van der Waals surface area contributed by atoms with Gasteiger partial charge in [0.25, 0.3) is 5.91 Å². The Kier molecular flexibility index (Phi) is 3.59. The van der Waals surface area contributed by atoms with Gasteiger partial charge in [-0.2, -0.15) is 0 Å². The summed E-state index contributed by atoms with van der Waals surface area (Å²) in [6.45, 7) is 3.84. The summed E-state index contributed by atoms with van der Waals surface area (Å²) in [4.78, 5) is 17.4. The minimum absolute atomic E-state index is 0.119. The van der Waals surface area contributed by atoms with Crippen LogP contribution in [0.1, 0.15) is 40.4 Å². The number of aryl methyl sites for hydroxylation is 1. The number of hydrogen-bond acceptors (Lipinski definition) is 1. The number of rotatable bonds is 2. The van der Waals surface area contributed by atoms with E-state index < -0.39 is 0 Å². The van der Waals surface area contributed by atoms with Gasteiger partial charge in [-0.15, -0.1) is 0 Å². The smallest absolute Gasteiger partial charge is 0.270 e. The van der Waals surface area contributed by atoms with E-state index in [2.05, 4.69) is 36.2 Å². The third-order valence-electron chi connectivity index (χ3n) is 4.17. The normalized spacial score (nSPS) is 19.1. The quantitative estimate of drug-likeness (QED) is 0.891. The molecule has 1 atom stereocenters. The SMILES string of the molecule is Cc1ccccc1C1CCCN(C(=O)c2ccc[nH]2)C1. The first-order valence-electron chi connectivity index (χ1n) is 7.24. The van der Waals surface area contributed by atoms with Gasteiger partial charge in [-0.1, -0.05) is 24.3 Å². The third kappa shape index (κ3) is 2.48. The summed E-state index contributed by atoms with van der Waals surface area (Å²) >= 11 is 0. The molecule has 3 nitrogen and oxygen atoms in total. The van der Waals surface area contributed by atoms with Gasteiger partial charge in [-0.25, -0.2) is 0 Å². The largest absolute Gasteiger partial charge is 0.357 e. The van der Waals surface area contributed by atoms with Crippen LogP contribution >= 0.6 is 0 Å². The number of piperidine rings is 1. The van der Waals surface area contributed by atoms with Gasteiger partial charge in [-0.3, -0.25) is 4.79 Å². The highest BCUT2D eigenvalue weighted by Gasteiger charge is 2.26. The average molecular weight is 268 g/mol. The molecule has 3 rings (SSSR count). The lowest BCUT2D eigenvalue weighted by Gasteiger charge is -2.33. The first kappa shape index (κ1) is 13.0. The number of likely N-dealkylation sites (tertiary alicyclic amines) is 1. The number of aromatic nitrogens is 1. The van der Waals surface area contributed by atoms with Crippen LogP contribution < -0.4 is 0 Å². The fourth-order valence-corrected chi connectivity index (χ4v) is 3.09. The molecule has 104 valence electrons. The molecule has 1 N–H and O–H groups in total. The Balaban J connectivity index is 1.77. The highest BCUT2D eigenvalue weighted by atomic mass is 16.2. The summed E-state index contributed by atoms with van der Waals surface area (Å²) < 4.78 is 0. The van der Waals surface area contributed by atoms with Gasteiger partial charge in [0.2, 0.25) is 0 Å². The van der Waals surface area contributed by atoms with Crippen LogP contribution in [-0.2, 0) is 0 Å². The lowest BCUT2D eigenvalue weighted by atomic mass is 9.88. The molecule has 1 aromatic carbocycles. The molecule has 0 spiro atoms. The molecule has 0 aliphatic carbocycles. The fraction of sp³-hybridized carbons (Fsp3) is 0.353. The molecule has 1 saturated heterocycles. The van der Waals surface area contributed by atoms with E-state index in [0.717, 1.165) is 19.5 Å². The van der Waals surface area contributed by atoms with Crippen LogP contribution in [0.4, 0.5) is 0 Å². The minimum Gasteiger partial charge on any atom is -0.357 e. The maximum atomic E-state index is 12.4. The summed E-state index contributed by atoms with van der Waals surface area (Å²) in [5.74, 6) is 0.581. The van der Waals surface area contributed by atoms with Crippen LogP contribution in [0.3, 0.4) is 0 Å². The lowest BCUT2D eigenvalue weighted by Crippen LogP contribution is -2.39. The van der Waals surface area contributed by atoms with E-state index in [1.807, 2.05) is 17.0 Å². The molecule has 3 heteroatoms. The molecule has 1 amide bonds. The predicted octanol–water partition coefficient (Wildman–Crippen LogP) is 3.34. The molecule has 2 aromatic rings. The second kappa shape index (κ2) is 5.53. The standard InChI is InChI=1S/C17H20N2O/c1-13-6-2-3-8-15(13)14-7-5-11-19(12-14)17(20)16-9-4-10-18-16/h2-4,6,8-10,14,18H,5,7,11-12H2,1H3. The van der Waals surface area contributed by atoms with Crippen molar-refractivity contribution in [3.05, 3.63) is 59.4 Å². The average Bonchev–Trinajstić information content (AvgIpc) is 3.01. The van der Waals surface area contributed by atoms with Crippen LogP contribution in [0.2, 0.25) is 0 Å². The summed E-state index contributed by atoms with van der Waals surface area (Å²) in [5, 5.41) is 0.